The molecule has 0 aromatic heterocycles. The summed E-state index contributed by atoms with van der Waals surface area (Å²) in [5, 5.41) is 20.3. The van der Waals surface area contributed by atoms with Gasteiger partial charge in [0.05, 0.1) is 6.54 Å². The summed E-state index contributed by atoms with van der Waals surface area (Å²) >= 11 is 0. The lowest BCUT2D eigenvalue weighted by molar-refractivity contribution is -0.155. The number of carbonyl (C=O) groups is 6. The third-order valence-electron chi connectivity index (χ3n) is 6.63. The van der Waals surface area contributed by atoms with Crippen molar-refractivity contribution in [1.29, 1.82) is 0 Å². The van der Waals surface area contributed by atoms with Crippen LogP contribution in [-0.4, -0.2) is 97.0 Å². The van der Waals surface area contributed by atoms with Crippen molar-refractivity contribution in [3.8, 4) is 0 Å². The lowest BCUT2D eigenvalue weighted by Crippen LogP contribution is -2.44. The third-order valence-corrected chi connectivity index (χ3v) is 6.63. The van der Waals surface area contributed by atoms with Crippen molar-refractivity contribution in [2.75, 3.05) is 45.8 Å². The summed E-state index contributed by atoms with van der Waals surface area (Å²) in [4.78, 5) is 72.2. The molecule has 5 N–H and O–H groups in total. The number of carbonyl (C=O) groups excluding carboxylic acids is 5. The fourth-order valence-electron chi connectivity index (χ4n) is 4.33. The zero-order valence-corrected chi connectivity index (χ0v) is 28.1. The fraction of sp³-hybridized carbons (Fsp3) is 0.812. The van der Waals surface area contributed by atoms with Crippen LogP contribution in [0, 0.1) is 0 Å². The van der Waals surface area contributed by atoms with E-state index < -0.39 is 11.6 Å². The lowest BCUT2D eigenvalue weighted by atomic mass is 10.1. The molecule has 4 amide bonds. The van der Waals surface area contributed by atoms with Crippen molar-refractivity contribution < 1.29 is 38.6 Å². The van der Waals surface area contributed by atoms with Gasteiger partial charge in [0.25, 0.3) is 0 Å². The number of carboxylic acid groups (broad SMARTS) is 1. The highest BCUT2D eigenvalue weighted by atomic mass is 16.6. The summed E-state index contributed by atoms with van der Waals surface area (Å²) in [5.74, 6) is -1.62. The van der Waals surface area contributed by atoms with Gasteiger partial charge in [0, 0.05) is 58.8 Å². The van der Waals surface area contributed by atoms with Gasteiger partial charge in [0.15, 0.2) is 0 Å². The Morgan fingerprint density at radius 1 is 0.622 bits per heavy atom. The summed E-state index contributed by atoms with van der Waals surface area (Å²) in [7, 11) is 0. The van der Waals surface area contributed by atoms with Crippen LogP contribution in [-0.2, 0) is 33.5 Å². The van der Waals surface area contributed by atoms with E-state index in [1.54, 1.807) is 0 Å². The number of amides is 4. The third kappa shape index (κ3) is 29.3. The number of hydrogen-bond acceptors (Lipinski definition) is 8. The van der Waals surface area contributed by atoms with Crippen LogP contribution in [0.1, 0.15) is 118 Å². The SMILES string of the molecule is CC(=O)NCCN(CC(=O)NCCCCCC(=O)NCCCCCC(=O)O)C(=O)CCCCCNCCCC(=O)OC(C)(C)C. The molecule has 0 atom stereocenters. The van der Waals surface area contributed by atoms with Crippen LogP contribution in [0.4, 0.5) is 0 Å². The largest absolute Gasteiger partial charge is 0.481 e. The minimum Gasteiger partial charge on any atom is -0.481 e. The Balaban J connectivity index is 4.13. The zero-order chi connectivity index (χ0) is 33.9. The monoisotopic (exact) mass is 641 g/mol. The molecule has 260 valence electrons. The smallest absolute Gasteiger partial charge is 0.306 e. The molecular weight excluding hydrogens is 582 g/mol. The van der Waals surface area contributed by atoms with Gasteiger partial charge in [-0.05, 0) is 78.8 Å². The number of aliphatic carboxylic acids is 1. The first-order valence-corrected chi connectivity index (χ1v) is 16.5. The van der Waals surface area contributed by atoms with Crippen LogP contribution in [0.5, 0.6) is 0 Å². The highest BCUT2D eigenvalue weighted by Crippen LogP contribution is 2.09. The Labute approximate surface area is 269 Å². The number of esters is 1. The van der Waals surface area contributed by atoms with Gasteiger partial charge < -0.3 is 36.0 Å². The maximum Gasteiger partial charge on any atom is 0.306 e. The van der Waals surface area contributed by atoms with Gasteiger partial charge in [-0.15, -0.1) is 0 Å². The molecule has 0 aromatic rings. The van der Waals surface area contributed by atoms with E-state index in [9.17, 15) is 28.8 Å². The van der Waals surface area contributed by atoms with Crippen LogP contribution in [0.25, 0.3) is 0 Å². The number of nitrogens with zero attached hydrogens (tertiary/aromatic N) is 1. The van der Waals surface area contributed by atoms with Crippen molar-refractivity contribution >= 4 is 35.6 Å². The number of nitrogens with one attached hydrogen (secondary N) is 4. The number of rotatable bonds is 27. The Morgan fingerprint density at radius 3 is 1.78 bits per heavy atom. The van der Waals surface area contributed by atoms with E-state index in [1.807, 2.05) is 20.8 Å². The maximum atomic E-state index is 12.8. The van der Waals surface area contributed by atoms with E-state index in [-0.39, 0.29) is 55.7 Å². The number of ether oxygens (including phenoxy) is 1. The molecule has 0 fully saturated rings. The second-order valence-electron chi connectivity index (χ2n) is 12.3. The van der Waals surface area contributed by atoms with E-state index >= 15 is 0 Å². The van der Waals surface area contributed by atoms with Crippen molar-refractivity contribution in [1.82, 2.24) is 26.2 Å². The van der Waals surface area contributed by atoms with Crippen LogP contribution >= 0.6 is 0 Å². The van der Waals surface area contributed by atoms with E-state index in [0.29, 0.717) is 64.5 Å². The predicted molar refractivity (Wildman–Crippen MR) is 172 cm³/mol. The molecule has 13 nitrogen and oxygen atoms in total. The average Bonchev–Trinajstić information content (AvgIpc) is 2.93. The van der Waals surface area contributed by atoms with Gasteiger partial charge in [-0.2, -0.15) is 0 Å². The minimum absolute atomic E-state index is 0.0304. The van der Waals surface area contributed by atoms with E-state index in [2.05, 4.69) is 21.3 Å². The minimum atomic E-state index is -0.805. The van der Waals surface area contributed by atoms with Crippen molar-refractivity contribution in [3.63, 3.8) is 0 Å². The number of unbranched alkanes of at least 4 members (excludes halogenated alkanes) is 6. The van der Waals surface area contributed by atoms with Crippen LogP contribution < -0.4 is 21.3 Å². The first-order valence-electron chi connectivity index (χ1n) is 16.5. The molecule has 13 heteroatoms. The van der Waals surface area contributed by atoms with Crippen molar-refractivity contribution in [2.24, 2.45) is 0 Å². The fourth-order valence-corrected chi connectivity index (χ4v) is 4.33. The molecule has 0 aliphatic rings. The maximum absolute atomic E-state index is 12.8. The molecule has 0 saturated carbocycles. The Bertz CT molecular complexity index is 891. The number of carboxylic acids is 1. The van der Waals surface area contributed by atoms with Crippen molar-refractivity contribution in [2.45, 2.75) is 123 Å². The summed E-state index contributed by atoms with van der Waals surface area (Å²) in [6, 6.07) is 0. The quantitative estimate of drug-likeness (QED) is 0.0665. The van der Waals surface area contributed by atoms with E-state index in [4.69, 9.17) is 9.84 Å². The van der Waals surface area contributed by atoms with Crippen molar-refractivity contribution in [3.05, 3.63) is 0 Å². The van der Waals surface area contributed by atoms with E-state index in [0.717, 1.165) is 45.2 Å². The molecule has 0 spiro atoms. The summed E-state index contributed by atoms with van der Waals surface area (Å²) in [5.41, 5.74) is -0.470. The average molecular weight is 642 g/mol. The van der Waals surface area contributed by atoms with Crippen LogP contribution in [0.15, 0.2) is 0 Å². The molecular formula is C32H59N5O8. The summed E-state index contributed by atoms with van der Waals surface area (Å²) < 4.78 is 5.29. The molecule has 45 heavy (non-hydrogen) atoms. The number of hydrogen-bond donors (Lipinski definition) is 5. The predicted octanol–water partition coefficient (Wildman–Crippen LogP) is 2.66. The normalized spacial score (nSPS) is 11.0. The molecule has 0 aliphatic carbocycles. The molecule has 0 aromatic carbocycles. The summed E-state index contributed by atoms with van der Waals surface area (Å²) in [6.45, 7) is 9.89. The molecule has 0 heterocycles. The topological polar surface area (TPSA) is 183 Å². The lowest BCUT2D eigenvalue weighted by Gasteiger charge is -2.22. The van der Waals surface area contributed by atoms with E-state index in [1.165, 1.54) is 11.8 Å². The Morgan fingerprint density at radius 2 is 1.18 bits per heavy atom. The van der Waals surface area contributed by atoms with Gasteiger partial charge >= 0.3 is 11.9 Å². The van der Waals surface area contributed by atoms with Gasteiger partial charge in [0.1, 0.15) is 5.60 Å². The van der Waals surface area contributed by atoms with Crippen LogP contribution in [0.2, 0.25) is 0 Å². The zero-order valence-electron chi connectivity index (χ0n) is 28.1. The second kappa shape index (κ2) is 26.0. The molecule has 0 bridgehead atoms. The first kappa shape index (κ1) is 41.8. The van der Waals surface area contributed by atoms with Gasteiger partial charge in [-0.25, -0.2) is 0 Å². The standard InChI is InChI=1S/C32H59N5O8/c1-26(38)34-23-24-37(29(41)16-9-6-11-19-33-20-14-18-31(44)45-32(2,3)4)25-28(40)36-22-12-5-8-15-27(39)35-21-13-7-10-17-30(42)43/h33H,5-25H2,1-4H3,(H,34,38)(H,35,39)(H,36,40)(H,42,43). The highest BCUT2D eigenvalue weighted by molar-refractivity contribution is 5.84. The Hall–Kier alpha value is -3.22. The van der Waals surface area contributed by atoms with Gasteiger partial charge in [-0.1, -0.05) is 19.3 Å². The highest BCUT2D eigenvalue weighted by Gasteiger charge is 2.17. The summed E-state index contributed by atoms with van der Waals surface area (Å²) in [6.07, 6.45) is 8.69. The van der Waals surface area contributed by atoms with Gasteiger partial charge in [-0.3, -0.25) is 28.8 Å². The Kier molecular flexibility index (Phi) is 24.2. The second-order valence-corrected chi connectivity index (χ2v) is 12.3. The molecule has 0 saturated heterocycles. The molecule has 0 radical (unpaired) electrons. The first-order chi connectivity index (χ1) is 21.3. The molecule has 0 aliphatic heterocycles. The van der Waals surface area contributed by atoms with Crippen LogP contribution in [0.3, 0.4) is 0 Å². The van der Waals surface area contributed by atoms with Gasteiger partial charge in [0.2, 0.25) is 23.6 Å². The molecule has 0 unspecified atom stereocenters. The molecule has 0 rings (SSSR count).